The third kappa shape index (κ3) is 4.61. The van der Waals surface area contributed by atoms with E-state index in [9.17, 15) is 0 Å². The Balaban J connectivity index is 1.54. The number of nitrogens with zero attached hydrogens (tertiary/aromatic N) is 1. The number of hydrogen-bond donors (Lipinski definition) is 0. The predicted molar refractivity (Wildman–Crippen MR) is 120 cm³/mol. The summed E-state index contributed by atoms with van der Waals surface area (Å²) in [5, 5.41) is 0. The lowest BCUT2D eigenvalue weighted by molar-refractivity contribution is 0.172. The van der Waals surface area contributed by atoms with E-state index in [0.29, 0.717) is 31.7 Å². The van der Waals surface area contributed by atoms with E-state index >= 15 is 8.78 Å². The SMILES string of the molecule is CCCN(Cc1ccccc1)C(CC)CCc1c(C2(F)CC2)cccc1C1(F)CC1. The fourth-order valence-electron chi connectivity index (χ4n) is 4.91. The van der Waals surface area contributed by atoms with Gasteiger partial charge in [0.05, 0.1) is 0 Å². The molecule has 0 amide bonds. The summed E-state index contributed by atoms with van der Waals surface area (Å²) in [5.74, 6) is 0. The minimum Gasteiger partial charge on any atom is -0.296 e. The van der Waals surface area contributed by atoms with Crippen molar-refractivity contribution >= 4 is 0 Å². The molecule has 0 saturated heterocycles. The van der Waals surface area contributed by atoms with Gasteiger partial charge in [-0.05, 0) is 80.2 Å². The molecule has 0 heterocycles. The zero-order valence-corrected chi connectivity index (χ0v) is 18.5. The summed E-state index contributed by atoms with van der Waals surface area (Å²) in [5.41, 5.74) is 1.39. The molecule has 1 nitrogen and oxygen atoms in total. The first-order valence-corrected chi connectivity index (χ1v) is 11.8. The third-order valence-electron chi connectivity index (χ3n) is 6.97. The Morgan fingerprint density at radius 2 is 1.47 bits per heavy atom. The molecule has 0 aromatic heterocycles. The van der Waals surface area contributed by atoms with E-state index in [1.165, 1.54) is 5.56 Å². The molecule has 1 atom stereocenters. The molecule has 0 spiro atoms. The molecule has 2 fully saturated rings. The molecule has 2 aliphatic carbocycles. The highest BCUT2D eigenvalue weighted by Gasteiger charge is 2.50. The minimum absolute atomic E-state index is 0.413. The second-order valence-electron chi connectivity index (χ2n) is 9.32. The van der Waals surface area contributed by atoms with Crippen molar-refractivity contribution in [1.29, 1.82) is 0 Å². The highest BCUT2D eigenvalue weighted by Crippen LogP contribution is 2.56. The molecule has 2 aromatic carbocycles. The first-order chi connectivity index (χ1) is 14.5. The molecular weight excluding hydrogens is 376 g/mol. The Bertz CT molecular complexity index is 803. The van der Waals surface area contributed by atoms with Gasteiger partial charge in [-0.2, -0.15) is 0 Å². The molecule has 2 aromatic rings. The number of halogens is 2. The van der Waals surface area contributed by atoms with Gasteiger partial charge in [0.1, 0.15) is 11.3 Å². The molecule has 30 heavy (non-hydrogen) atoms. The van der Waals surface area contributed by atoms with Gasteiger partial charge in [0.25, 0.3) is 0 Å². The van der Waals surface area contributed by atoms with Gasteiger partial charge in [-0.15, -0.1) is 0 Å². The summed E-state index contributed by atoms with van der Waals surface area (Å²) < 4.78 is 30.2. The molecule has 0 aliphatic heterocycles. The van der Waals surface area contributed by atoms with Crippen LogP contribution in [0, 0.1) is 0 Å². The van der Waals surface area contributed by atoms with E-state index in [0.717, 1.165) is 55.5 Å². The van der Waals surface area contributed by atoms with Crippen LogP contribution in [0.4, 0.5) is 8.78 Å². The summed E-state index contributed by atoms with van der Waals surface area (Å²) in [6, 6.07) is 16.7. The van der Waals surface area contributed by atoms with Crippen LogP contribution in [-0.2, 0) is 24.3 Å². The lowest BCUT2D eigenvalue weighted by atomic mass is 9.88. The minimum atomic E-state index is -1.22. The fourth-order valence-corrected chi connectivity index (χ4v) is 4.91. The lowest BCUT2D eigenvalue weighted by Crippen LogP contribution is -2.35. The Morgan fingerprint density at radius 1 is 0.867 bits per heavy atom. The third-order valence-corrected chi connectivity index (χ3v) is 6.97. The van der Waals surface area contributed by atoms with Crippen LogP contribution in [-0.4, -0.2) is 17.5 Å². The van der Waals surface area contributed by atoms with E-state index < -0.39 is 11.3 Å². The van der Waals surface area contributed by atoms with Crippen molar-refractivity contribution in [3.05, 3.63) is 70.8 Å². The van der Waals surface area contributed by atoms with Crippen molar-refractivity contribution in [2.45, 2.75) is 89.1 Å². The summed E-state index contributed by atoms with van der Waals surface area (Å²) in [4.78, 5) is 2.56. The predicted octanol–water partition coefficient (Wildman–Crippen LogP) is 7.23. The standard InChI is InChI=1S/C27H35F2N/c1-3-19-30(20-21-9-6-5-7-10-21)22(4-2)13-14-23-24(26(28)15-16-26)11-8-12-25(23)27(29)17-18-27/h5-12,22H,3-4,13-20H2,1-2H3. The summed E-state index contributed by atoms with van der Waals surface area (Å²) in [6.45, 7) is 6.43. The van der Waals surface area contributed by atoms with Crippen LogP contribution < -0.4 is 0 Å². The molecule has 2 aliphatic rings. The Morgan fingerprint density at radius 3 is 1.97 bits per heavy atom. The highest BCUT2D eigenvalue weighted by atomic mass is 19.1. The van der Waals surface area contributed by atoms with Gasteiger partial charge >= 0.3 is 0 Å². The zero-order valence-electron chi connectivity index (χ0n) is 18.5. The molecule has 1 unspecified atom stereocenters. The highest BCUT2D eigenvalue weighted by molar-refractivity contribution is 5.46. The van der Waals surface area contributed by atoms with Crippen LogP contribution in [0.5, 0.6) is 0 Å². The van der Waals surface area contributed by atoms with Crippen molar-refractivity contribution in [2.75, 3.05) is 6.54 Å². The van der Waals surface area contributed by atoms with Crippen molar-refractivity contribution in [3.63, 3.8) is 0 Å². The van der Waals surface area contributed by atoms with Crippen molar-refractivity contribution in [1.82, 2.24) is 4.90 Å². The van der Waals surface area contributed by atoms with Gasteiger partial charge in [-0.1, -0.05) is 62.4 Å². The van der Waals surface area contributed by atoms with Gasteiger partial charge in [0.2, 0.25) is 0 Å². The average Bonchev–Trinajstić information content (AvgIpc) is 3.68. The molecule has 0 N–H and O–H groups in total. The largest absolute Gasteiger partial charge is 0.296 e. The van der Waals surface area contributed by atoms with E-state index in [4.69, 9.17) is 0 Å². The van der Waals surface area contributed by atoms with Crippen LogP contribution in [0.15, 0.2) is 48.5 Å². The molecule has 3 heteroatoms. The summed E-state index contributed by atoms with van der Waals surface area (Å²) in [6.07, 6.45) is 6.17. The lowest BCUT2D eigenvalue weighted by Gasteiger charge is -2.32. The van der Waals surface area contributed by atoms with Crippen molar-refractivity contribution < 1.29 is 8.78 Å². The number of alkyl halides is 2. The van der Waals surface area contributed by atoms with Gasteiger partial charge in [0.15, 0.2) is 0 Å². The number of rotatable bonds is 11. The second-order valence-corrected chi connectivity index (χ2v) is 9.32. The maximum atomic E-state index is 15.1. The van der Waals surface area contributed by atoms with Crippen LogP contribution in [0.2, 0.25) is 0 Å². The normalized spacial score (nSPS) is 19.6. The first-order valence-electron chi connectivity index (χ1n) is 11.8. The van der Waals surface area contributed by atoms with Crippen molar-refractivity contribution in [2.24, 2.45) is 0 Å². The van der Waals surface area contributed by atoms with Crippen molar-refractivity contribution in [3.8, 4) is 0 Å². The van der Waals surface area contributed by atoms with E-state index in [2.05, 4.69) is 49.1 Å². The van der Waals surface area contributed by atoms with E-state index in [-0.39, 0.29) is 0 Å². The molecule has 4 rings (SSSR count). The monoisotopic (exact) mass is 411 g/mol. The van der Waals surface area contributed by atoms with Crippen LogP contribution in [0.1, 0.15) is 81.0 Å². The Hall–Kier alpha value is -1.74. The zero-order chi connectivity index (χ0) is 21.2. The number of hydrogen-bond acceptors (Lipinski definition) is 1. The molecule has 162 valence electrons. The fraction of sp³-hybridized carbons (Fsp3) is 0.556. The maximum Gasteiger partial charge on any atom is 0.136 e. The summed E-state index contributed by atoms with van der Waals surface area (Å²) in [7, 11) is 0. The van der Waals surface area contributed by atoms with Crippen LogP contribution >= 0.6 is 0 Å². The van der Waals surface area contributed by atoms with E-state index in [1.54, 1.807) is 0 Å². The van der Waals surface area contributed by atoms with Gasteiger partial charge in [-0.25, -0.2) is 8.78 Å². The smallest absolute Gasteiger partial charge is 0.136 e. The molecule has 0 radical (unpaired) electrons. The van der Waals surface area contributed by atoms with E-state index in [1.807, 2.05) is 18.2 Å². The molecule has 2 saturated carbocycles. The average molecular weight is 412 g/mol. The first kappa shape index (κ1) is 21.5. The van der Waals surface area contributed by atoms with Gasteiger partial charge < -0.3 is 0 Å². The van der Waals surface area contributed by atoms with Gasteiger partial charge in [-0.3, -0.25) is 4.90 Å². The van der Waals surface area contributed by atoms with Crippen LogP contribution in [0.3, 0.4) is 0 Å². The molecular formula is C27H35F2N. The Labute approximate surface area is 180 Å². The molecule has 0 bridgehead atoms. The quantitative estimate of drug-likeness (QED) is 0.377. The second kappa shape index (κ2) is 8.78. The number of benzene rings is 2. The van der Waals surface area contributed by atoms with Crippen LogP contribution in [0.25, 0.3) is 0 Å². The summed E-state index contributed by atoms with van der Waals surface area (Å²) >= 11 is 0. The Kier molecular flexibility index (Phi) is 6.29. The maximum absolute atomic E-state index is 15.1. The van der Waals surface area contributed by atoms with Gasteiger partial charge in [0, 0.05) is 12.6 Å². The topological polar surface area (TPSA) is 3.24 Å².